The summed E-state index contributed by atoms with van der Waals surface area (Å²) in [6.07, 6.45) is 3.32. The Morgan fingerprint density at radius 3 is 1.59 bits per heavy atom. The number of carboxylic acid groups (broad SMARTS) is 3. The number of aliphatic carboxylic acids is 3. The third kappa shape index (κ3) is 10.5. The van der Waals surface area contributed by atoms with Gasteiger partial charge in [0.15, 0.2) is 0 Å². The molecule has 2 heterocycles. The summed E-state index contributed by atoms with van der Waals surface area (Å²) in [4.78, 5) is 37.3. The van der Waals surface area contributed by atoms with Crippen molar-refractivity contribution in [3.05, 3.63) is 70.3 Å². The van der Waals surface area contributed by atoms with Gasteiger partial charge in [0.1, 0.15) is 17.7 Å². The lowest BCUT2D eigenvalue weighted by molar-refractivity contribution is -0.144. The first kappa shape index (κ1) is 35.4. The van der Waals surface area contributed by atoms with Crippen LogP contribution in [0.4, 0.5) is 8.78 Å². The molecule has 7 N–H and O–H groups in total. The van der Waals surface area contributed by atoms with Crippen LogP contribution in [-0.4, -0.2) is 76.9 Å². The van der Waals surface area contributed by atoms with Crippen molar-refractivity contribution < 1.29 is 38.5 Å². The van der Waals surface area contributed by atoms with Gasteiger partial charge < -0.3 is 31.7 Å². The maximum atomic E-state index is 14.9. The lowest BCUT2D eigenvalue weighted by Crippen LogP contribution is -2.30. The van der Waals surface area contributed by atoms with Gasteiger partial charge in [-0.15, -0.1) is 0 Å². The molecule has 0 unspecified atom stereocenters. The van der Waals surface area contributed by atoms with Crippen molar-refractivity contribution in [1.29, 1.82) is 0 Å². The number of nitrogens with one attached hydrogen (secondary N) is 2. The number of carboxylic acids is 3. The van der Waals surface area contributed by atoms with Crippen LogP contribution < -0.4 is 16.4 Å². The van der Waals surface area contributed by atoms with Gasteiger partial charge in [0, 0.05) is 13.1 Å². The van der Waals surface area contributed by atoms with Crippen molar-refractivity contribution in [3.8, 4) is 0 Å². The minimum Gasteiger partial charge on any atom is -0.481 e. The summed E-state index contributed by atoms with van der Waals surface area (Å²) in [5, 5.41) is 35.3. The number of unbranched alkanes of at least 4 members (excludes halogenated alkanes) is 1. The van der Waals surface area contributed by atoms with Gasteiger partial charge in [-0.2, -0.15) is 0 Å². The van der Waals surface area contributed by atoms with E-state index < -0.39 is 47.4 Å². The number of hydrogen-bond acceptors (Lipinski definition) is 7. The molecule has 2 fully saturated rings. The van der Waals surface area contributed by atoms with Gasteiger partial charge in [0.25, 0.3) is 0 Å². The zero-order chi connectivity index (χ0) is 33.2. The predicted octanol–water partition coefficient (Wildman–Crippen LogP) is 3.25. The van der Waals surface area contributed by atoms with E-state index in [1.54, 1.807) is 0 Å². The summed E-state index contributed by atoms with van der Waals surface area (Å²) in [6, 6.07) is 8.23. The maximum absolute atomic E-state index is 14.9. The molecule has 0 saturated carbocycles. The largest absolute Gasteiger partial charge is 0.481 e. The predicted molar refractivity (Wildman–Crippen MR) is 168 cm³/mol. The molecule has 0 amide bonds. The number of nitrogens with zero attached hydrogens (tertiary/aromatic N) is 1. The third-order valence-electron chi connectivity index (χ3n) is 9.28. The summed E-state index contributed by atoms with van der Waals surface area (Å²) in [5.74, 6) is -5.17. The molecule has 2 aromatic rings. The van der Waals surface area contributed by atoms with E-state index in [1.165, 1.54) is 24.3 Å². The Morgan fingerprint density at radius 1 is 0.739 bits per heavy atom. The molecule has 0 aliphatic carbocycles. The molecule has 10 nitrogen and oxygen atoms in total. The van der Waals surface area contributed by atoms with Crippen LogP contribution in [-0.2, 0) is 40.3 Å². The smallest absolute Gasteiger partial charge is 0.320 e. The van der Waals surface area contributed by atoms with E-state index >= 15 is 0 Å². The fraction of sp³-hybridized carbons (Fsp3) is 0.559. The highest BCUT2D eigenvalue weighted by Crippen LogP contribution is 2.27. The molecular weight excluding hydrogens is 598 g/mol. The van der Waals surface area contributed by atoms with E-state index in [9.17, 15) is 33.4 Å². The molecule has 2 aliphatic rings. The first-order valence-electron chi connectivity index (χ1n) is 16.1. The molecule has 4 rings (SSSR count). The SMILES string of the molecule is N[C@@H](CCCCN(Cc1cc(F)cc(C[C@H](C(=O)O)[C@H]2CCNC2)c1)Cc1cc(F)cc(C[C@H](C(=O)O)[C@H]2CCNC2)c1)C(=O)O. The lowest BCUT2D eigenvalue weighted by Gasteiger charge is -2.24. The molecule has 2 aliphatic heterocycles. The van der Waals surface area contributed by atoms with E-state index in [2.05, 4.69) is 10.6 Å². The number of halogens is 2. The summed E-state index contributed by atoms with van der Waals surface area (Å²) in [7, 11) is 0. The zero-order valence-electron chi connectivity index (χ0n) is 26.1. The Kier molecular flexibility index (Phi) is 13.0. The number of nitrogens with two attached hydrogens (primary N) is 1. The van der Waals surface area contributed by atoms with E-state index in [0.717, 1.165) is 25.9 Å². The lowest BCUT2D eigenvalue weighted by atomic mass is 9.85. The van der Waals surface area contributed by atoms with Gasteiger partial charge in [0.2, 0.25) is 0 Å². The molecular formula is C34H46F2N4O6. The second kappa shape index (κ2) is 16.9. The highest BCUT2D eigenvalue weighted by molar-refractivity contribution is 5.73. The Morgan fingerprint density at radius 2 is 1.20 bits per heavy atom. The van der Waals surface area contributed by atoms with E-state index in [4.69, 9.17) is 10.8 Å². The molecule has 252 valence electrons. The van der Waals surface area contributed by atoms with Gasteiger partial charge in [-0.3, -0.25) is 19.3 Å². The van der Waals surface area contributed by atoms with E-state index in [1.807, 2.05) is 17.0 Å². The van der Waals surface area contributed by atoms with Crippen molar-refractivity contribution >= 4 is 17.9 Å². The second-order valence-electron chi connectivity index (χ2n) is 12.9. The first-order valence-corrected chi connectivity index (χ1v) is 16.1. The van der Waals surface area contributed by atoms with Crippen LogP contribution >= 0.6 is 0 Å². The Hall–Kier alpha value is -3.45. The van der Waals surface area contributed by atoms with Crippen LogP contribution in [0.5, 0.6) is 0 Å². The standard InChI is InChI=1S/C34H46F2N4O6/c35-27-11-21(15-29(32(41)42)25-4-6-38-17-25)9-23(13-27)19-40(8-2-1-3-31(37)34(45)46)20-24-10-22(12-28(36)14-24)16-30(33(43)44)26-5-7-39-18-26/h9-14,25-26,29-31,38-39H,1-8,15-20,37H2,(H,41,42)(H,43,44)(H,45,46)/t25-,26-,29-,30-,31-/m0/s1. The number of rotatable bonds is 18. The van der Waals surface area contributed by atoms with Gasteiger partial charge in [-0.05, 0) is 130 Å². The molecule has 0 bridgehead atoms. The summed E-state index contributed by atoms with van der Waals surface area (Å²) in [5.41, 5.74) is 8.14. The molecule has 2 saturated heterocycles. The first-order chi connectivity index (χ1) is 22.0. The van der Waals surface area contributed by atoms with Gasteiger partial charge in [-0.25, -0.2) is 8.78 Å². The highest BCUT2D eigenvalue weighted by Gasteiger charge is 2.32. The van der Waals surface area contributed by atoms with Crippen molar-refractivity contribution in [1.82, 2.24) is 15.5 Å². The van der Waals surface area contributed by atoms with E-state index in [0.29, 0.717) is 54.7 Å². The minimum atomic E-state index is -1.07. The van der Waals surface area contributed by atoms with Crippen LogP contribution in [0, 0.1) is 35.3 Å². The van der Waals surface area contributed by atoms with Crippen molar-refractivity contribution in [3.63, 3.8) is 0 Å². The quantitative estimate of drug-likeness (QED) is 0.133. The van der Waals surface area contributed by atoms with Crippen LogP contribution in [0.2, 0.25) is 0 Å². The van der Waals surface area contributed by atoms with Crippen molar-refractivity contribution in [2.45, 2.75) is 64.1 Å². The zero-order valence-corrected chi connectivity index (χ0v) is 26.1. The second-order valence-corrected chi connectivity index (χ2v) is 12.9. The highest BCUT2D eigenvalue weighted by atomic mass is 19.1. The average molecular weight is 645 g/mol. The Balaban J connectivity index is 1.52. The number of carbonyl (C=O) groups is 3. The Bertz CT molecular complexity index is 1260. The van der Waals surface area contributed by atoms with Gasteiger partial charge in [0.05, 0.1) is 11.8 Å². The van der Waals surface area contributed by atoms with Crippen LogP contribution in [0.3, 0.4) is 0 Å². The third-order valence-corrected chi connectivity index (χ3v) is 9.28. The molecule has 12 heteroatoms. The monoisotopic (exact) mass is 644 g/mol. The fourth-order valence-electron chi connectivity index (χ4n) is 6.87. The molecule has 2 aromatic carbocycles. The summed E-state index contributed by atoms with van der Waals surface area (Å²) in [6.45, 7) is 3.79. The maximum Gasteiger partial charge on any atom is 0.320 e. The summed E-state index contributed by atoms with van der Waals surface area (Å²) >= 11 is 0. The van der Waals surface area contributed by atoms with Crippen LogP contribution in [0.25, 0.3) is 0 Å². The molecule has 0 aromatic heterocycles. The van der Waals surface area contributed by atoms with Crippen LogP contribution in [0.1, 0.15) is 54.4 Å². The average Bonchev–Trinajstić information content (AvgIpc) is 3.71. The Labute approximate surface area is 268 Å². The fourth-order valence-corrected chi connectivity index (χ4v) is 6.87. The summed E-state index contributed by atoms with van der Waals surface area (Å²) < 4.78 is 29.8. The van der Waals surface area contributed by atoms with Crippen molar-refractivity contribution in [2.24, 2.45) is 29.4 Å². The topological polar surface area (TPSA) is 165 Å². The minimum absolute atomic E-state index is 0.0364. The van der Waals surface area contributed by atoms with Gasteiger partial charge >= 0.3 is 17.9 Å². The van der Waals surface area contributed by atoms with Gasteiger partial charge in [-0.1, -0.05) is 18.6 Å². The van der Waals surface area contributed by atoms with E-state index in [-0.39, 0.29) is 44.2 Å². The normalized spacial score (nSPS) is 20.1. The molecule has 46 heavy (non-hydrogen) atoms. The molecule has 0 radical (unpaired) electrons. The molecule has 5 atom stereocenters. The van der Waals surface area contributed by atoms with Crippen molar-refractivity contribution in [2.75, 3.05) is 32.7 Å². The molecule has 0 spiro atoms. The number of hydrogen-bond donors (Lipinski definition) is 6. The number of benzene rings is 2. The van der Waals surface area contributed by atoms with Crippen LogP contribution in [0.15, 0.2) is 36.4 Å².